The van der Waals surface area contributed by atoms with Crippen LogP contribution in [0.15, 0.2) is 79.4 Å². The molecule has 0 saturated heterocycles. The molecule has 0 aliphatic rings. The molecule has 1 aromatic carbocycles. The lowest BCUT2D eigenvalue weighted by molar-refractivity contribution is 0.623. The third-order valence-electron chi connectivity index (χ3n) is 5.30. The summed E-state index contributed by atoms with van der Waals surface area (Å²) in [6.45, 7) is 2.20. The molecule has 0 unspecified atom stereocenters. The zero-order valence-corrected chi connectivity index (χ0v) is 17.8. The van der Waals surface area contributed by atoms with Gasteiger partial charge in [0.05, 0.1) is 5.69 Å². The molecule has 0 radical (unpaired) electrons. The number of aromatic nitrogens is 4. The maximum Gasteiger partial charge on any atom is 0.149 e. The van der Waals surface area contributed by atoms with Gasteiger partial charge in [-0.25, -0.2) is 13.8 Å². The fourth-order valence-corrected chi connectivity index (χ4v) is 3.68. The summed E-state index contributed by atoms with van der Waals surface area (Å²) < 4.78 is 28.3. The summed E-state index contributed by atoms with van der Waals surface area (Å²) >= 11 is 0. The van der Waals surface area contributed by atoms with Gasteiger partial charge in [0.1, 0.15) is 23.1 Å². The molecule has 33 heavy (non-hydrogen) atoms. The van der Waals surface area contributed by atoms with Crippen LogP contribution in [0.3, 0.4) is 0 Å². The van der Waals surface area contributed by atoms with Gasteiger partial charge < -0.3 is 5.32 Å². The van der Waals surface area contributed by atoms with Crippen LogP contribution in [0.25, 0.3) is 33.3 Å². The summed E-state index contributed by atoms with van der Waals surface area (Å²) in [6.07, 6.45) is 6.68. The second-order valence-electron chi connectivity index (χ2n) is 7.67. The molecule has 5 nitrogen and oxygen atoms in total. The summed E-state index contributed by atoms with van der Waals surface area (Å²) in [5.41, 5.74) is 3.85. The molecule has 1 N–H and O–H groups in total. The Morgan fingerprint density at radius 2 is 1.70 bits per heavy atom. The van der Waals surface area contributed by atoms with Crippen molar-refractivity contribution in [2.45, 2.75) is 13.5 Å². The summed E-state index contributed by atoms with van der Waals surface area (Å²) in [7, 11) is 0. The number of pyridine rings is 4. The van der Waals surface area contributed by atoms with Gasteiger partial charge in [0.2, 0.25) is 0 Å². The molecule has 0 aliphatic carbocycles. The Kier molecular flexibility index (Phi) is 5.44. The molecular formula is C26H19F2N5. The van der Waals surface area contributed by atoms with Crippen LogP contribution in [-0.2, 0) is 6.54 Å². The van der Waals surface area contributed by atoms with Crippen LogP contribution < -0.4 is 5.32 Å². The Morgan fingerprint density at radius 3 is 2.52 bits per heavy atom. The van der Waals surface area contributed by atoms with E-state index in [1.165, 1.54) is 18.2 Å². The Hall–Kier alpha value is -4.26. The van der Waals surface area contributed by atoms with Gasteiger partial charge in [-0.3, -0.25) is 15.0 Å². The molecule has 0 spiro atoms. The van der Waals surface area contributed by atoms with Crippen molar-refractivity contribution in [3.05, 3.63) is 102 Å². The van der Waals surface area contributed by atoms with Crippen molar-refractivity contribution in [1.82, 2.24) is 19.9 Å². The SMILES string of the molecule is Cc1cc(-c2ncc(CNc3nccc4cc(-c5cccc(F)c5)ncc34)cc2F)ccn1. The van der Waals surface area contributed by atoms with E-state index >= 15 is 0 Å². The normalized spacial score (nSPS) is 11.0. The quantitative estimate of drug-likeness (QED) is 0.366. The standard InChI is InChI=1S/C26H19F2N5/c1-16-9-20(6-7-29-16)25-23(28)10-17(13-32-25)14-33-26-22-15-31-24(12-18(22)5-8-30-26)19-3-2-4-21(27)11-19/h2-13,15H,14H2,1H3,(H,30,33). The number of hydrogen-bond donors (Lipinski definition) is 1. The number of anilines is 1. The number of nitrogens with one attached hydrogen (secondary N) is 1. The predicted molar refractivity (Wildman–Crippen MR) is 124 cm³/mol. The highest BCUT2D eigenvalue weighted by atomic mass is 19.1. The first-order valence-corrected chi connectivity index (χ1v) is 10.4. The molecule has 0 aliphatic heterocycles. The fraction of sp³-hybridized carbons (Fsp3) is 0.0769. The third-order valence-corrected chi connectivity index (χ3v) is 5.30. The van der Waals surface area contributed by atoms with E-state index in [9.17, 15) is 8.78 Å². The first-order valence-electron chi connectivity index (χ1n) is 10.4. The van der Waals surface area contributed by atoms with Gasteiger partial charge in [-0.15, -0.1) is 0 Å². The highest BCUT2D eigenvalue weighted by molar-refractivity contribution is 5.93. The number of fused-ring (bicyclic) bond motifs is 1. The van der Waals surface area contributed by atoms with Crippen molar-refractivity contribution in [2.24, 2.45) is 0 Å². The number of halogens is 2. The van der Waals surface area contributed by atoms with E-state index in [0.717, 1.165) is 16.5 Å². The van der Waals surface area contributed by atoms with Crippen LogP contribution in [0, 0.1) is 18.6 Å². The Bertz CT molecular complexity index is 1470. The molecule has 4 heterocycles. The van der Waals surface area contributed by atoms with Crippen molar-refractivity contribution in [3.63, 3.8) is 0 Å². The monoisotopic (exact) mass is 439 g/mol. The highest BCUT2D eigenvalue weighted by Crippen LogP contribution is 2.27. The molecule has 5 aromatic rings. The number of rotatable bonds is 5. The predicted octanol–water partition coefficient (Wildman–Crippen LogP) is 5.95. The molecular weight excluding hydrogens is 420 g/mol. The van der Waals surface area contributed by atoms with E-state index < -0.39 is 5.82 Å². The van der Waals surface area contributed by atoms with Gasteiger partial charge in [0.25, 0.3) is 0 Å². The van der Waals surface area contributed by atoms with Gasteiger partial charge in [-0.2, -0.15) is 0 Å². The van der Waals surface area contributed by atoms with E-state index in [1.807, 2.05) is 25.1 Å². The van der Waals surface area contributed by atoms with Crippen molar-refractivity contribution in [2.75, 3.05) is 5.32 Å². The van der Waals surface area contributed by atoms with Crippen LogP contribution in [0.1, 0.15) is 11.3 Å². The van der Waals surface area contributed by atoms with Crippen LogP contribution in [0.5, 0.6) is 0 Å². The Labute approximate surface area is 189 Å². The third kappa shape index (κ3) is 4.39. The van der Waals surface area contributed by atoms with Crippen molar-refractivity contribution >= 4 is 16.6 Å². The second kappa shape index (κ2) is 8.70. The second-order valence-corrected chi connectivity index (χ2v) is 7.67. The van der Waals surface area contributed by atoms with Crippen LogP contribution in [0.2, 0.25) is 0 Å². The molecule has 7 heteroatoms. The molecule has 4 aromatic heterocycles. The van der Waals surface area contributed by atoms with Crippen molar-refractivity contribution in [3.8, 4) is 22.5 Å². The van der Waals surface area contributed by atoms with E-state index in [0.29, 0.717) is 40.4 Å². The zero-order chi connectivity index (χ0) is 22.8. The van der Waals surface area contributed by atoms with Crippen LogP contribution in [0.4, 0.5) is 14.6 Å². The number of benzene rings is 1. The number of aryl methyl sites for hydroxylation is 1. The summed E-state index contributed by atoms with van der Waals surface area (Å²) in [4.78, 5) is 17.3. The molecule has 0 amide bonds. The van der Waals surface area contributed by atoms with E-state index in [4.69, 9.17) is 0 Å². The maximum atomic E-state index is 14.7. The van der Waals surface area contributed by atoms with E-state index in [1.54, 1.807) is 43.0 Å². The summed E-state index contributed by atoms with van der Waals surface area (Å²) in [5.74, 6) is -0.0791. The van der Waals surface area contributed by atoms with Crippen molar-refractivity contribution < 1.29 is 8.78 Å². The molecule has 162 valence electrons. The Morgan fingerprint density at radius 1 is 0.818 bits per heavy atom. The minimum Gasteiger partial charge on any atom is -0.365 e. The lowest BCUT2D eigenvalue weighted by Crippen LogP contribution is -2.04. The molecule has 0 bridgehead atoms. The smallest absolute Gasteiger partial charge is 0.149 e. The maximum absolute atomic E-state index is 14.7. The number of hydrogen-bond acceptors (Lipinski definition) is 5. The van der Waals surface area contributed by atoms with Crippen LogP contribution in [-0.4, -0.2) is 19.9 Å². The number of nitrogens with zero attached hydrogens (tertiary/aromatic N) is 4. The molecule has 0 atom stereocenters. The first-order chi connectivity index (χ1) is 16.1. The highest BCUT2D eigenvalue weighted by Gasteiger charge is 2.10. The van der Waals surface area contributed by atoms with Crippen molar-refractivity contribution in [1.29, 1.82) is 0 Å². The summed E-state index contributed by atoms with van der Waals surface area (Å²) in [6, 6.07) is 15.1. The summed E-state index contributed by atoms with van der Waals surface area (Å²) in [5, 5.41) is 4.97. The van der Waals surface area contributed by atoms with Gasteiger partial charge in [-0.1, -0.05) is 12.1 Å². The average molecular weight is 439 g/mol. The lowest BCUT2D eigenvalue weighted by Gasteiger charge is -2.11. The fourth-order valence-electron chi connectivity index (χ4n) is 3.68. The minimum absolute atomic E-state index is 0.293. The van der Waals surface area contributed by atoms with E-state index in [2.05, 4.69) is 25.3 Å². The van der Waals surface area contributed by atoms with Gasteiger partial charge >= 0.3 is 0 Å². The van der Waals surface area contributed by atoms with Gasteiger partial charge in [0.15, 0.2) is 0 Å². The minimum atomic E-state index is -0.396. The largest absolute Gasteiger partial charge is 0.365 e. The zero-order valence-electron chi connectivity index (χ0n) is 17.8. The molecule has 5 rings (SSSR count). The lowest BCUT2D eigenvalue weighted by atomic mass is 10.1. The molecule has 0 fully saturated rings. The topological polar surface area (TPSA) is 63.6 Å². The van der Waals surface area contributed by atoms with Crippen LogP contribution >= 0.6 is 0 Å². The Balaban J connectivity index is 1.38. The average Bonchev–Trinajstić information content (AvgIpc) is 2.82. The van der Waals surface area contributed by atoms with E-state index in [-0.39, 0.29) is 5.82 Å². The first kappa shape index (κ1) is 20.6. The van der Waals surface area contributed by atoms with Gasteiger partial charge in [-0.05, 0) is 60.3 Å². The molecule has 0 saturated carbocycles. The van der Waals surface area contributed by atoms with Gasteiger partial charge in [0, 0.05) is 53.5 Å².